The molecule has 1 aliphatic carbocycles. The zero-order valence-corrected chi connectivity index (χ0v) is 16.7. The average Bonchev–Trinajstić information content (AvgIpc) is 3.51. The Morgan fingerprint density at radius 1 is 1.27 bits per heavy atom. The van der Waals surface area contributed by atoms with Gasteiger partial charge >= 0.3 is 0 Å². The second-order valence-electron chi connectivity index (χ2n) is 7.76. The predicted molar refractivity (Wildman–Crippen MR) is 110 cm³/mol. The molecule has 1 amide bonds. The maximum absolute atomic E-state index is 12.4. The quantitative estimate of drug-likeness (QED) is 0.723. The highest BCUT2D eigenvalue weighted by Crippen LogP contribution is 2.29. The van der Waals surface area contributed by atoms with Crippen LogP contribution < -0.4 is 10.2 Å². The van der Waals surface area contributed by atoms with Gasteiger partial charge in [0, 0.05) is 25.3 Å². The monoisotopic (exact) mass is 399 g/mol. The van der Waals surface area contributed by atoms with Gasteiger partial charge in [-0.1, -0.05) is 17.3 Å². The van der Waals surface area contributed by atoms with Crippen LogP contribution >= 0.6 is 0 Å². The van der Waals surface area contributed by atoms with Gasteiger partial charge in [-0.15, -0.1) is 5.10 Å². The van der Waals surface area contributed by atoms with Gasteiger partial charge in [0.1, 0.15) is 11.9 Å². The summed E-state index contributed by atoms with van der Waals surface area (Å²) in [5, 5.41) is 20.8. The number of carbonyl (C=O) groups excluding carboxylic acids is 1. The number of hydrogen-bond acceptors (Lipinski definition) is 6. The lowest BCUT2D eigenvalue weighted by Gasteiger charge is -2.31. The molecule has 3 heterocycles. The number of fused-ring (bicyclic) bond motifs is 1. The van der Waals surface area contributed by atoms with Crippen molar-refractivity contribution in [3.8, 4) is 11.8 Å². The minimum atomic E-state index is -0.156. The minimum absolute atomic E-state index is 0.156. The summed E-state index contributed by atoms with van der Waals surface area (Å²) in [5.41, 5.74) is 4.99. The Labute approximate surface area is 174 Å². The van der Waals surface area contributed by atoms with Crippen molar-refractivity contribution < 1.29 is 4.79 Å². The van der Waals surface area contributed by atoms with Crippen LogP contribution in [0, 0.1) is 18.3 Å². The molecule has 1 saturated carbocycles. The van der Waals surface area contributed by atoms with Crippen molar-refractivity contribution in [3.05, 3.63) is 64.6 Å². The highest BCUT2D eigenvalue weighted by atomic mass is 16.2. The Balaban J connectivity index is 1.46. The molecule has 1 aliphatic heterocycles. The number of aromatic nitrogens is 4. The molecule has 1 fully saturated rings. The number of nitriles is 1. The van der Waals surface area contributed by atoms with Crippen LogP contribution in [0.15, 0.2) is 36.5 Å². The summed E-state index contributed by atoms with van der Waals surface area (Å²) in [6, 6.07) is 12.2. The molecule has 0 atom stereocenters. The molecule has 8 nitrogen and oxygen atoms in total. The topological polar surface area (TPSA) is 99.7 Å². The van der Waals surface area contributed by atoms with Gasteiger partial charge in [0.25, 0.3) is 5.91 Å². The summed E-state index contributed by atoms with van der Waals surface area (Å²) in [6.45, 7) is 3.29. The summed E-state index contributed by atoms with van der Waals surface area (Å²) >= 11 is 0. The van der Waals surface area contributed by atoms with Gasteiger partial charge in [0.05, 0.1) is 16.9 Å². The number of amides is 1. The fraction of sp³-hybridized carbons (Fsp3) is 0.318. The summed E-state index contributed by atoms with van der Waals surface area (Å²) in [4.78, 5) is 19.0. The smallest absolute Gasteiger partial charge is 0.273 e. The van der Waals surface area contributed by atoms with E-state index in [2.05, 4.69) is 37.6 Å². The van der Waals surface area contributed by atoms with E-state index >= 15 is 0 Å². The molecule has 1 aromatic carbocycles. The van der Waals surface area contributed by atoms with Crippen molar-refractivity contribution >= 4 is 11.7 Å². The first-order valence-electron chi connectivity index (χ1n) is 10.1. The summed E-state index contributed by atoms with van der Waals surface area (Å²) in [7, 11) is 0. The number of nitrogens with one attached hydrogen (secondary N) is 1. The van der Waals surface area contributed by atoms with Crippen molar-refractivity contribution in [3.63, 3.8) is 0 Å². The highest BCUT2D eigenvalue weighted by molar-refractivity contribution is 5.93. The number of rotatable bonds is 4. The number of carbonyl (C=O) groups is 1. The third kappa shape index (κ3) is 3.18. The molecule has 0 saturated heterocycles. The molecule has 1 N–H and O–H groups in total. The molecule has 0 bridgehead atoms. The Morgan fingerprint density at radius 2 is 2.13 bits per heavy atom. The first-order chi connectivity index (χ1) is 14.7. The largest absolute Gasteiger partial charge is 0.351 e. The van der Waals surface area contributed by atoms with E-state index < -0.39 is 0 Å². The van der Waals surface area contributed by atoms with E-state index in [9.17, 15) is 10.1 Å². The second kappa shape index (κ2) is 7.26. The molecule has 0 unspecified atom stereocenters. The maximum Gasteiger partial charge on any atom is 0.273 e. The molecule has 150 valence electrons. The number of anilines is 1. The molecule has 2 aliphatic rings. The standard InChI is InChI=1S/C22H21N7O/c1-14-20(22(30)25-17-7-8-17)26-27-29(14)19-6-2-4-16-13-28(11-9-18(16)19)21-15(12-23)5-3-10-24-21/h2-6,10,17H,7-9,11,13H2,1H3,(H,25,30). The van der Waals surface area contributed by atoms with Crippen LogP contribution in [0.3, 0.4) is 0 Å². The lowest BCUT2D eigenvalue weighted by molar-refractivity contribution is 0.0945. The van der Waals surface area contributed by atoms with E-state index in [-0.39, 0.29) is 11.9 Å². The van der Waals surface area contributed by atoms with Crippen LogP contribution in [-0.4, -0.2) is 38.5 Å². The lowest BCUT2D eigenvalue weighted by atomic mass is 9.97. The fourth-order valence-corrected chi connectivity index (χ4v) is 3.95. The first-order valence-corrected chi connectivity index (χ1v) is 10.1. The van der Waals surface area contributed by atoms with E-state index in [1.165, 1.54) is 5.56 Å². The van der Waals surface area contributed by atoms with Crippen molar-refractivity contribution in [1.82, 2.24) is 25.3 Å². The van der Waals surface area contributed by atoms with Crippen LogP contribution in [0.4, 0.5) is 5.82 Å². The van der Waals surface area contributed by atoms with Gasteiger partial charge in [-0.25, -0.2) is 9.67 Å². The number of pyridine rings is 1. The molecule has 5 rings (SSSR count). The van der Waals surface area contributed by atoms with E-state index in [0.717, 1.165) is 42.8 Å². The third-order valence-electron chi connectivity index (χ3n) is 5.70. The number of hydrogen-bond donors (Lipinski definition) is 1. The molecule has 30 heavy (non-hydrogen) atoms. The maximum atomic E-state index is 12.4. The molecule has 3 aromatic rings. The van der Waals surface area contributed by atoms with Crippen LogP contribution in [-0.2, 0) is 13.0 Å². The molecule has 0 radical (unpaired) electrons. The summed E-state index contributed by atoms with van der Waals surface area (Å²) in [5.74, 6) is 0.559. The fourth-order valence-electron chi connectivity index (χ4n) is 3.95. The van der Waals surface area contributed by atoms with Crippen LogP contribution in [0.1, 0.15) is 45.7 Å². The predicted octanol–water partition coefficient (Wildman–Crippen LogP) is 2.30. The molecular formula is C22H21N7O. The first kappa shape index (κ1) is 18.3. The van der Waals surface area contributed by atoms with E-state index in [4.69, 9.17) is 0 Å². The Hall–Kier alpha value is -3.73. The zero-order valence-electron chi connectivity index (χ0n) is 16.7. The van der Waals surface area contributed by atoms with Crippen LogP contribution in [0.2, 0.25) is 0 Å². The molecule has 0 spiro atoms. The van der Waals surface area contributed by atoms with Gasteiger partial charge in [-0.3, -0.25) is 4.79 Å². The molecule has 2 aromatic heterocycles. The van der Waals surface area contributed by atoms with Gasteiger partial charge < -0.3 is 10.2 Å². The van der Waals surface area contributed by atoms with E-state index in [1.54, 1.807) is 23.0 Å². The van der Waals surface area contributed by atoms with Gasteiger partial charge in [-0.2, -0.15) is 5.26 Å². The van der Waals surface area contributed by atoms with Gasteiger partial charge in [0.15, 0.2) is 5.69 Å². The Kier molecular flexibility index (Phi) is 4.43. The van der Waals surface area contributed by atoms with E-state index in [0.29, 0.717) is 23.6 Å². The number of benzene rings is 1. The normalized spacial score (nSPS) is 15.4. The molecule has 8 heteroatoms. The van der Waals surface area contributed by atoms with Crippen LogP contribution in [0.5, 0.6) is 0 Å². The van der Waals surface area contributed by atoms with Crippen molar-refractivity contribution in [2.24, 2.45) is 0 Å². The molecular weight excluding hydrogens is 378 g/mol. The lowest BCUT2D eigenvalue weighted by Crippen LogP contribution is -2.32. The second-order valence-corrected chi connectivity index (χ2v) is 7.76. The Morgan fingerprint density at radius 3 is 2.93 bits per heavy atom. The zero-order chi connectivity index (χ0) is 20.7. The number of nitrogens with zero attached hydrogens (tertiary/aromatic N) is 6. The minimum Gasteiger partial charge on any atom is -0.351 e. The van der Waals surface area contributed by atoms with Crippen molar-refractivity contribution in [2.75, 3.05) is 11.4 Å². The van der Waals surface area contributed by atoms with Crippen molar-refractivity contribution in [2.45, 2.75) is 38.8 Å². The van der Waals surface area contributed by atoms with Gasteiger partial charge in [-0.05, 0) is 55.5 Å². The summed E-state index contributed by atoms with van der Waals surface area (Å²) < 4.78 is 1.76. The van der Waals surface area contributed by atoms with E-state index in [1.807, 2.05) is 19.1 Å². The van der Waals surface area contributed by atoms with Crippen molar-refractivity contribution in [1.29, 1.82) is 5.26 Å². The highest BCUT2D eigenvalue weighted by Gasteiger charge is 2.28. The Bertz CT molecular complexity index is 1170. The average molecular weight is 399 g/mol. The summed E-state index contributed by atoms with van der Waals surface area (Å²) in [6.07, 6.45) is 4.57. The van der Waals surface area contributed by atoms with Gasteiger partial charge in [0.2, 0.25) is 0 Å². The van der Waals surface area contributed by atoms with Crippen LogP contribution in [0.25, 0.3) is 5.69 Å². The SMILES string of the molecule is Cc1c(C(=O)NC2CC2)nnn1-c1cccc2c1CCN(c1ncccc1C#N)C2. The third-order valence-corrected chi connectivity index (χ3v) is 5.70.